The zero-order valence-electron chi connectivity index (χ0n) is 21.7. The summed E-state index contributed by atoms with van der Waals surface area (Å²) in [5.74, 6) is -2.81. The highest BCUT2D eigenvalue weighted by atomic mass is 35.5. The first-order valence-corrected chi connectivity index (χ1v) is 13.5. The van der Waals surface area contributed by atoms with Crippen LogP contribution in [-0.2, 0) is 19.1 Å². The van der Waals surface area contributed by atoms with Gasteiger partial charge >= 0.3 is 0 Å². The molecule has 4 aliphatic heterocycles. The quantitative estimate of drug-likeness (QED) is 0.594. The lowest BCUT2D eigenvalue weighted by Crippen LogP contribution is -2.57. The highest BCUT2D eigenvalue weighted by Crippen LogP contribution is 2.58. The lowest BCUT2D eigenvalue weighted by Gasteiger charge is -2.40. The Bertz CT molecular complexity index is 1400. The van der Waals surface area contributed by atoms with Crippen LogP contribution in [0.5, 0.6) is 0 Å². The van der Waals surface area contributed by atoms with Gasteiger partial charge in [-0.25, -0.2) is 0 Å². The van der Waals surface area contributed by atoms with Crippen molar-refractivity contribution >= 4 is 35.0 Å². The van der Waals surface area contributed by atoms with Gasteiger partial charge in [0.05, 0.1) is 40.8 Å². The van der Waals surface area contributed by atoms with Gasteiger partial charge in [0.2, 0.25) is 11.8 Å². The number of carbonyl (C=O) groups is 3. The number of aliphatic hydroxyl groups is 1. The molecular formula is C30H30ClN3O5. The van der Waals surface area contributed by atoms with Gasteiger partial charge in [-0.15, -0.1) is 0 Å². The van der Waals surface area contributed by atoms with Crippen molar-refractivity contribution in [1.29, 1.82) is 0 Å². The summed E-state index contributed by atoms with van der Waals surface area (Å²) in [7, 11) is 1.70. The molecule has 1 spiro atoms. The molecule has 0 radical (unpaired) electrons. The van der Waals surface area contributed by atoms with Crippen molar-refractivity contribution in [2.75, 3.05) is 31.6 Å². The van der Waals surface area contributed by atoms with E-state index in [2.05, 4.69) is 0 Å². The average molecular weight is 548 g/mol. The molecule has 1 N–H and O–H groups in total. The van der Waals surface area contributed by atoms with Crippen molar-refractivity contribution in [3.8, 4) is 0 Å². The lowest BCUT2D eigenvalue weighted by atomic mass is 9.74. The molecule has 3 amide bonds. The summed E-state index contributed by atoms with van der Waals surface area (Å²) in [6.45, 7) is 2.00. The summed E-state index contributed by atoms with van der Waals surface area (Å²) >= 11 is 6.53. The van der Waals surface area contributed by atoms with E-state index in [-0.39, 0.29) is 18.4 Å². The fourth-order valence-electron chi connectivity index (χ4n) is 6.83. The van der Waals surface area contributed by atoms with E-state index in [0.717, 1.165) is 0 Å². The molecule has 4 aliphatic rings. The zero-order chi connectivity index (χ0) is 27.5. The molecule has 2 saturated heterocycles. The van der Waals surface area contributed by atoms with Gasteiger partial charge in [-0.3, -0.25) is 14.4 Å². The van der Waals surface area contributed by atoms with Crippen molar-refractivity contribution in [2.24, 2.45) is 11.8 Å². The topological polar surface area (TPSA) is 90.4 Å². The number of hydrogen-bond donors (Lipinski definition) is 1. The number of aliphatic hydroxyl groups excluding tert-OH is 1. The number of benzene rings is 2. The second-order valence-corrected chi connectivity index (χ2v) is 11.2. The third-order valence-corrected chi connectivity index (χ3v) is 8.85. The fourth-order valence-corrected chi connectivity index (χ4v) is 7.07. The SMILES string of the molecule is CN1CC=C[C@]2(C)O[C@]34C=CCN(c5ccccc5Cl)C(=O)C3N([C@H](CO)c3ccccc3)C(=O)[C@@H]4[C@@H]2C1=O. The van der Waals surface area contributed by atoms with Gasteiger partial charge in [0.1, 0.15) is 11.6 Å². The molecule has 6 atom stereocenters. The molecule has 2 aromatic carbocycles. The number of carbonyl (C=O) groups excluding carboxylic acids is 3. The van der Waals surface area contributed by atoms with Crippen molar-refractivity contribution in [2.45, 2.75) is 30.2 Å². The number of likely N-dealkylation sites (tertiary alicyclic amines) is 1. The van der Waals surface area contributed by atoms with Crippen molar-refractivity contribution in [3.63, 3.8) is 0 Å². The summed E-state index contributed by atoms with van der Waals surface area (Å²) in [6, 6.07) is 14.2. The summed E-state index contributed by atoms with van der Waals surface area (Å²) in [5, 5.41) is 11.0. The first-order valence-electron chi connectivity index (χ1n) is 13.1. The van der Waals surface area contributed by atoms with Crippen molar-refractivity contribution in [3.05, 3.63) is 89.5 Å². The van der Waals surface area contributed by atoms with Gasteiger partial charge in [-0.1, -0.05) is 78.4 Å². The number of fused-ring (bicyclic) bond motifs is 2. The number of para-hydroxylation sites is 1. The molecular weight excluding hydrogens is 518 g/mol. The van der Waals surface area contributed by atoms with E-state index in [1.165, 1.54) is 4.90 Å². The van der Waals surface area contributed by atoms with Crippen LogP contribution in [0.4, 0.5) is 5.69 Å². The summed E-state index contributed by atoms with van der Waals surface area (Å²) in [5.41, 5.74) is -1.33. The van der Waals surface area contributed by atoms with Gasteiger partial charge in [-0.05, 0) is 24.6 Å². The first-order chi connectivity index (χ1) is 18.7. The van der Waals surface area contributed by atoms with E-state index in [1.807, 2.05) is 55.5 Å². The second-order valence-electron chi connectivity index (χ2n) is 10.8. The predicted molar refractivity (Wildman–Crippen MR) is 146 cm³/mol. The fraction of sp³-hybridized carbons (Fsp3) is 0.367. The molecule has 39 heavy (non-hydrogen) atoms. The Morgan fingerprint density at radius 1 is 0.949 bits per heavy atom. The average Bonchev–Trinajstić information content (AvgIpc) is 3.20. The minimum atomic E-state index is -1.43. The highest BCUT2D eigenvalue weighted by Gasteiger charge is 2.75. The van der Waals surface area contributed by atoms with Crippen LogP contribution in [0.3, 0.4) is 0 Å². The number of nitrogens with zero attached hydrogens (tertiary/aromatic N) is 3. The van der Waals surface area contributed by atoms with Crippen LogP contribution in [0.15, 0.2) is 78.9 Å². The molecule has 0 aliphatic carbocycles. The van der Waals surface area contributed by atoms with Crippen molar-refractivity contribution in [1.82, 2.24) is 9.80 Å². The summed E-state index contributed by atoms with van der Waals surface area (Å²) in [4.78, 5) is 47.5. The Kier molecular flexibility index (Phi) is 6.17. The first kappa shape index (κ1) is 25.8. The molecule has 0 bridgehead atoms. The van der Waals surface area contributed by atoms with Gasteiger partial charge < -0.3 is 24.5 Å². The molecule has 2 fully saturated rings. The van der Waals surface area contributed by atoms with E-state index >= 15 is 0 Å². The Morgan fingerprint density at radius 3 is 2.36 bits per heavy atom. The molecule has 0 aromatic heterocycles. The van der Waals surface area contributed by atoms with Gasteiger partial charge in [0, 0.05) is 20.1 Å². The van der Waals surface area contributed by atoms with Crippen LogP contribution in [0, 0.1) is 11.8 Å². The molecule has 4 heterocycles. The number of likely N-dealkylation sites (N-methyl/N-ethyl adjacent to an activating group) is 1. The predicted octanol–water partition coefficient (Wildman–Crippen LogP) is 2.98. The van der Waals surface area contributed by atoms with Crippen LogP contribution in [0.25, 0.3) is 0 Å². The van der Waals surface area contributed by atoms with Crippen LogP contribution >= 0.6 is 11.6 Å². The summed E-state index contributed by atoms with van der Waals surface area (Å²) in [6.07, 6.45) is 7.31. The standard InChI is InChI=1S/C30H30ClN3O5/c1-29-14-8-16-32(2)26(36)23(29)24-27(37)34(22(18-35)19-10-4-3-5-11-19)25-28(38)33(17-9-15-30(24,25)39-29)21-13-7-6-12-20(21)31/h3-15,22-25,35H,16-18H2,1-2H3/t22-,23-,24+,25?,29+,30+/m1/s1. The number of halogens is 1. The molecule has 8 nitrogen and oxygen atoms in total. The summed E-state index contributed by atoms with van der Waals surface area (Å²) < 4.78 is 6.82. The Balaban J connectivity index is 1.56. The van der Waals surface area contributed by atoms with E-state index in [9.17, 15) is 19.5 Å². The minimum Gasteiger partial charge on any atom is -0.394 e. The Hall–Kier alpha value is -3.46. The van der Waals surface area contributed by atoms with Crippen LogP contribution in [0.2, 0.25) is 5.02 Å². The number of ether oxygens (including phenoxy) is 1. The van der Waals surface area contributed by atoms with E-state index in [4.69, 9.17) is 16.3 Å². The minimum absolute atomic E-state index is 0.207. The maximum Gasteiger partial charge on any atom is 0.253 e. The highest BCUT2D eigenvalue weighted by molar-refractivity contribution is 6.34. The van der Waals surface area contributed by atoms with Crippen LogP contribution < -0.4 is 4.90 Å². The van der Waals surface area contributed by atoms with Gasteiger partial charge in [-0.2, -0.15) is 0 Å². The zero-order valence-corrected chi connectivity index (χ0v) is 22.5. The Labute approximate surface area is 232 Å². The number of amides is 3. The smallest absolute Gasteiger partial charge is 0.253 e. The number of rotatable bonds is 4. The molecule has 1 unspecified atom stereocenters. The maximum atomic E-state index is 14.6. The van der Waals surface area contributed by atoms with E-state index in [1.54, 1.807) is 47.2 Å². The van der Waals surface area contributed by atoms with Crippen LogP contribution in [-0.4, -0.2) is 76.6 Å². The van der Waals surface area contributed by atoms with Gasteiger partial charge in [0.15, 0.2) is 0 Å². The molecule has 9 heteroatoms. The molecule has 6 rings (SSSR count). The Morgan fingerprint density at radius 2 is 1.64 bits per heavy atom. The maximum absolute atomic E-state index is 14.6. The molecule has 202 valence electrons. The third kappa shape index (κ3) is 3.69. The number of hydrogen-bond acceptors (Lipinski definition) is 5. The van der Waals surface area contributed by atoms with E-state index in [0.29, 0.717) is 22.8 Å². The second kappa shape index (κ2) is 9.33. The van der Waals surface area contributed by atoms with Crippen molar-refractivity contribution < 1.29 is 24.2 Å². The largest absolute Gasteiger partial charge is 0.394 e. The monoisotopic (exact) mass is 547 g/mol. The molecule has 2 aromatic rings. The van der Waals surface area contributed by atoms with Crippen LogP contribution in [0.1, 0.15) is 18.5 Å². The van der Waals surface area contributed by atoms with E-state index < -0.39 is 47.6 Å². The third-order valence-electron chi connectivity index (χ3n) is 8.53. The van der Waals surface area contributed by atoms with Gasteiger partial charge in [0.25, 0.3) is 5.91 Å². The number of anilines is 1. The molecule has 0 saturated carbocycles. The normalized spacial score (nSPS) is 32.6. The lowest BCUT2D eigenvalue weighted by molar-refractivity contribution is -0.151.